The van der Waals surface area contributed by atoms with Crippen LogP contribution in [0.25, 0.3) is 0 Å². The van der Waals surface area contributed by atoms with Gasteiger partial charge in [-0.05, 0) is 12.8 Å². The molecule has 0 spiro atoms. The number of carbonyl (C=O) groups excluding carboxylic acids is 1. The minimum absolute atomic E-state index is 0.159. The van der Waals surface area contributed by atoms with Gasteiger partial charge in [0, 0.05) is 25.4 Å². The van der Waals surface area contributed by atoms with E-state index in [1.54, 1.807) is 0 Å². The molecular formula is C12H15N3O5. The van der Waals surface area contributed by atoms with E-state index >= 15 is 0 Å². The number of carboxylic acids is 1. The quantitative estimate of drug-likeness (QED) is 0.727. The summed E-state index contributed by atoms with van der Waals surface area (Å²) in [4.78, 5) is 48.9. The van der Waals surface area contributed by atoms with Crippen molar-refractivity contribution in [3.8, 4) is 0 Å². The molecule has 0 radical (unpaired) electrons. The van der Waals surface area contributed by atoms with E-state index in [-0.39, 0.29) is 19.0 Å². The Bertz CT molecular complexity index is 632. The monoisotopic (exact) mass is 281 g/mol. The SMILES string of the molecule is O=C(O)[C@H]1CCCN(C(=O)Cn2ccc(=O)[nH]c2=O)C1. The van der Waals surface area contributed by atoms with Crippen LogP contribution in [-0.2, 0) is 16.1 Å². The lowest BCUT2D eigenvalue weighted by Gasteiger charge is -2.30. The molecule has 1 saturated heterocycles. The Morgan fingerprint density at radius 3 is 2.80 bits per heavy atom. The second kappa shape index (κ2) is 5.72. The molecule has 0 aliphatic carbocycles. The van der Waals surface area contributed by atoms with Crippen molar-refractivity contribution < 1.29 is 14.7 Å². The fraction of sp³-hybridized carbons (Fsp3) is 0.500. The van der Waals surface area contributed by atoms with Gasteiger partial charge in [0.2, 0.25) is 5.91 Å². The molecule has 1 aliphatic heterocycles. The zero-order chi connectivity index (χ0) is 14.7. The number of H-pyrrole nitrogens is 1. The number of hydrogen-bond donors (Lipinski definition) is 2. The lowest BCUT2D eigenvalue weighted by molar-refractivity contribution is -0.145. The van der Waals surface area contributed by atoms with Crippen LogP contribution in [-0.4, -0.2) is 44.5 Å². The maximum absolute atomic E-state index is 12.1. The van der Waals surface area contributed by atoms with Crippen molar-refractivity contribution in [3.05, 3.63) is 33.1 Å². The summed E-state index contributed by atoms with van der Waals surface area (Å²) in [5.41, 5.74) is -1.18. The number of carboxylic acid groups (broad SMARTS) is 1. The summed E-state index contributed by atoms with van der Waals surface area (Å²) in [6.07, 6.45) is 2.43. The third-order valence-corrected chi connectivity index (χ3v) is 3.33. The van der Waals surface area contributed by atoms with Gasteiger partial charge in [-0.15, -0.1) is 0 Å². The van der Waals surface area contributed by atoms with Crippen LogP contribution in [0.15, 0.2) is 21.9 Å². The molecule has 2 N–H and O–H groups in total. The van der Waals surface area contributed by atoms with Gasteiger partial charge in [-0.3, -0.25) is 23.9 Å². The van der Waals surface area contributed by atoms with Gasteiger partial charge in [0.15, 0.2) is 0 Å². The highest BCUT2D eigenvalue weighted by Crippen LogP contribution is 2.16. The summed E-state index contributed by atoms with van der Waals surface area (Å²) < 4.78 is 1.09. The Morgan fingerprint density at radius 2 is 2.15 bits per heavy atom. The van der Waals surface area contributed by atoms with E-state index < -0.39 is 23.1 Å². The predicted octanol–water partition coefficient (Wildman–Crippen LogP) is -1.14. The van der Waals surface area contributed by atoms with Gasteiger partial charge in [0.1, 0.15) is 6.54 Å². The molecule has 2 rings (SSSR count). The number of amides is 1. The van der Waals surface area contributed by atoms with E-state index in [9.17, 15) is 19.2 Å². The Kier molecular flexibility index (Phi) is 4.02. The van der Waals surface area contributed by atoms with Crippen molar-refractivity contribution >= 4 is 11.9 Å². The summed E-state index contributed by atoms with van der Waals surface area (Å²) in [6.45, 7) is 0.439. The molecule has 0 bridgehead atoms. The smallest absolute Gasteiger partial charge is 0.328 e. The third-order valence-electron chi connectivity index (χ3n) is 3.33. The average molecular weight is 281 g/mol. The Labute approximate surface area is 113 Å². The van der Waals surface area contributed by atoms with Gasteiger partial charge in [0.25, 0.3) is 5.56 Å². The maximum atomic E-state index is 12.1. The van der Waals surface area contributed by atoms with Crippen LogP contribution < -0.4 is 11.2 Å². The van der Waals surface area contributed by atoms with E-state index in [0.717, 1.165) is 10.6 Å². The van der Waals surface area contributed by atoms with Gasteiger partial charge >= 0.3 is 11.7 Å². The van der Waals surface area contributed by atoms with Crippen molar-refractivity contribution in [1.82, 2.24) is 14.5 Å². The number of aromatic nitrogens is 2. The molecular weight excluding hydrogens is 266 g/mol. The second-order valence-electron chi connectivity index (χ2n) is 4.76. The highest BCUT2D eigenvalue weighted by atomic mass is 16.4. The van der Waals surface area contributed by atoms with E-state index in [4.69, 9.17) is 5.11 Å². The number of aromatic amines is 1. The minimum atomic E-state index is -0.913. The van der Waals surface area contributed by atoms with Crippen molar-refractivity contribution in [2.24, 2.45) is 5.92 Å². The predicted molar refractivity (Wildman–Crippen MR) is 68.3 cm³/mol. The first-order valence-electron chi connectivity index (χ1n) is 6.27. The molecule has 8 nitrogen and oxygen atoms in total. The summed E-state index contributed by atoms with van der Waals surface area (Å²) in [6, 6.07) is 1.16. The molecule has 0 aromatic carbocycles. The molecule has 1 aromatic heterocycles. The van der Waals surface area contributed by atoms with Crippen LogP contribution in [0.3, 0.4) is 0 Å². The van der Waals surface area contributed by atoms with E-state index in [1.165, 1.54) is 11.1 Å². The maximum Gasteiger partial charge on any atom is 0.328 e. The first-order chi connectivity index (χ1) is 9.47. The normalized spacial score (nSPS) is 18.8. The zero-order valence-electron chi connectivity index (χ0n) is 10.7. The molecule has 0 unspecified atom stereocenters. The molecule has 108 valence electrons. The van der Waals surface area contributed by atoms with Crippen LogP contribution in [0.5, 0.6) is 0 Å². The van der Waals surface area contributed by atoms with Crippen LogP contribution in [0, 0.1) is 5.92 Å². The molecule has 1 aliphatic rings. The van der Waals surface area contributed by atoms with Gasteiger partial charge < -0.3 is 10.0 Å². The Hall–Kier alpha value is -2.38. The summed E-state index contributed by atoms with van der Waals surface area (Å²) in [7, 11) is 0. The Morgan fingerprint density at radius 1 is 1.40 bits per heavy atom. The van der Waals surface area contributed by atoms with Gasteiger partial charge in [0.05, 0.1) is 5.92 Å². The van der Waals surface area contributed by atoms with E-state index in [1.807, 2.05) is 0 Å². The van der Waals surface area contributed by atoms with Crippen molar-refractivity contribution in [1.29, 1.82) is 0 Å². The van der Waals surface area contributed by atoms with Crippen LogP contribution >= 0.6 is 0 Å². The second-order valence-corrected chi connectivity index (χ2v) is 4.76. The summed E-state index contributed by atoms with van der Waals surface area (Å²) >= 11 is 0. The summed E-state index contributed by atoms with van der Waals surface area (Å²) in [5.74, 6) is -1.80. The number of hydrogen-bond acceptors (Lipinski definition) is 4. The van der Waals surface area contributed by atoms with Gasteiger partial charge in [-0.2, -0.15) is 0 Å². The van der Waals surface area contributed by atoms with Crippen molar-refractivity contribution in [2.45, 2.75) is 19.4 Å². The first kappa shape index (κ1) is 14.0. The molecule has 20 heavy (non-hydrogen) atoms. The zero-order valence-corrected chi connectivity index (χ0v) is 10.7. The fourth-order valence-electron chi connectivity index (χ4n) is 2.22. The van der Waals surface area contributed by atoms with Gasteiger partial charge in [-0.25, -0.2) is 4.79 Å². The molecule has 1 aromatic rings. The number of nitrogens with one attached hydrogen (secondary N) is 1. The number of rotatable bonds is 3. The van der Waals surface area contributed by atoms with Gasteiger partial charge in [-0.1, -0.05) is 0 Å². The lowest BCUT2D eigenvalue weighted by atomic mass is 9.98. The highest BCUT2D eigenvalue weighted by Gasteiger charge is 2.28. The van der Waals surface area contributed by atoms with Crippen LogP contribution in [0.1, 0.15) is 12.8 Å². The van der Waals surface area contributed by atoms with Crippen LogP contribution in [0.4, 0.5) is 0 Å². The van der Waals surface area contributed by atoms with E-state index in [2.05, 4.69) is 4.98 Å². The fourth-order valence-corrected chi connectivity index (χ4v) is 2.22. The minimum Gasteiger partial charge on any atom is -0.481 e. The molecule has 1 atom stereocenters. The lowest BCUT2D eigenvalue weighted by Crippen LogP contribution is -2.45. The average Bonchev–Trinajstić information content (AvgIpc) is 2.42. The van der Waals surface area contributed by atoms with E-state index in [0.29, 0.717) is 19.4 Å². The number of nitrogens with zero attached hydrogens (tertiary/aromatic N) is 2. The number of likely N-dealkylation sites (tertiary alicyclic amines) is 1. The number of aliphatic carboxylic acids is 1. The first-order valence-corrected chi connectivity index (χ1v) is 6.27. The molecule has 1 amide bonds. The molecule has 2 heterocycles. The molecule has 1 fully saturated rings. The van der Waals surface area contributed by atoms with Crippen LogP contribution in [0.2, 0.25) is 0 Å². The van der Waals surface area contributed by atoms with Crippen molar-refractivity contribution in [3.63, 3.8) is 0 Å². The third kappa shape index (κ3) is 3.14. The highest BCUT2D eigenvalue weighted by molar-refractivity contribution is 5.77. The topological polar surface area (TPSA) is 112 Å². The van der Waals surface area contributed by atoms with Crippen molar-refractivity contribution in [2.75, 3.05) is 13.1 Å². The molecule has 8 heteroatoms. The molecule has 0 saturated carbocycles. The Balaban J connectivity index is 2.06. The standard InChI is InChI=1S/C12H15N3O5/c16-9-3-5-15(12(20)13-9)7-10(17)14-4-1-2-8(6-14)11(18)19/h3,5,8H,1-2,4,6-7H2,(H,18,19)(H,13,16,20)/t8-/m0/s1. The number of carbonyl (C=O) groups is 2. The largest absolute Gasteiger partial charge is 0.481 e. The summed E-state index contributed by atoms with van der Waals surface area (Å²) in [5, 5.41) is 8.97. The number of piperidine rings is 1.